The van der Waals surface area contributed by atoms with E-state index in [4.69, 9.17) is 4.74 Å². The molecule has 3 aliphatic heterocycles. The number of amides is 1. The monoisotopic (exact) mass is 526 g/mol. The van der Waals surface area contributed by atoms with Crippen molar-refractivity contribution in [2.75, 3.05) is 17.3 Å². The number of Topliss-reactive ketones (excluding diaryl/α,β-unsaturated/α-hetero) is 2. The Bertz CT molecular complexity index is 1690. The van der Waals surface area contributed by atoms with E-state index < -0.39 is 23.4 Å². The van der Waals surface area contributed by atoms with Crippen LogP contribution < -0.4 is 15.0 Å². The molecular formula is C34H26N2O4. The molecule has 4 unspecified atom stereocenters. The van der Waals surface area contributed by atoms with Gasteiger partial charge in [-0.15, -0.1) is 0 Å². The third-order valence-electron chi connectivity index (χ3n) is 8.51. The number of nitrogens with zero attached hydrogens (tertiary/aromatic N) is 1. The Balaban J connectivity index is 1.53. The third kappa shape index (κ3) is 3.26. The first-order chi connectivity index (χ1) is 19.6. The molecular weight excluding hydrogens is 500 g/mol. The van der Waals surface area contributed by atoms with Crippen LogP contribution >= 0.6 is 0 Å². The number of nitrogens with one attached hydrogen (secondary N) is 1. The van der Waals surface area contributed by atoms with Crippen LogP contribution in [-0.2, 0) is 10.2 Å². The van der Waals surface area contributed by atoms with Crippen LogP contribution in [0.5, 0.6) is 5.75 Å². The molecule has 0 bridgehead atoms. The highest BCUT2D eigenvalue weighted by Crippen LogP contribution is 2.58. The average molecular weight is 527 g/mol. The van der Waals surface area contributed by atoms with Gasteiger partial charge in [0, 0.05) is 22.5 Å². The Morgan fingerprint density at radius 2 is 1.48 bits per heavy atom. The number of hydrogen-bond acceptors (Lipinski definition) is 5. The second kappa shape index (κ2) is 9.06. The van der Waals surface area contributed by atoms with Crippen LogP contribution in [0, 0.1) is 5.92 Å². The van der Waals surface area contributed by atoms with Crippen LogP contribution in [0.2, 0.25) is 0 Å². The second-order valence-corrected chi connectivity index (χ2v) is 10.4. The molecule has 1 amide bonds. The minimum atomic E-state index is -1.47. The van der Waals surface area contributed by atoms with E-state index in [1.807, 2.05) is 83.8 Å². The lowest BCUT2D eigenvalue weighted by atomic mass is 9.63. The summed E-state index contributed by atoms with van der Waals surface area (Å²) in [5, 5.41) is 3.04. The molecule has 1 saturated heterocycles. The predicted molar refractivity (Wildman–Crippen MR) is 154 cm³/mol. The van der Waals surface area contributed by atoms with Crippen molar-refractivity contribution in [2.45, 2.75) is 17.5 Å². The van der Waals surface area contributed by atoms with E-state index in [2.05, 4.69) is 5.32 Å². The van der Waals surface area contributed by atoms with Crippen molar-refractivity contribution in [3.05, 3.63) is 131 Å². The first-order valence-electron chi connectivity index (χ1n) is 13.3. The SMILES string of the molecule is COc1ccc(C(=O)C2N3c4ccccc4C=CC3C(C(=O)c3ccccc3)C23C(=O)Nc2ccccc23)cc1. The standard InChI is InChI=1S/C34H26N2O4/c1-40-24-18-15-23(16-19-24)31(38)32-34(25-12-6-7-13-26(25)35-33(34)39)29(30(37)22-10-3-2-4-11-22)28-20-17-21-9-5-8-14-27(21)36(28)32/h2-20,28-29,32H,1H3,(H,35,39). The Hall–Kier alpha value is -4.97. The highest BCUT2D eigenvalue weighted by molar-refractivity contribution is 6.19. The lowest BCUT2D eigenvalue weighted by Gasteiger charge is -2.37. The van der Waals surface area contributed by atoms with Crippen molar-refractivity contribution in [2.24, 2.45) is 5.92 Å². The highest BCUT2D eigenvalue weighted by atomic mass is 16.5. The van der Waals surface area contributed by atoms with E-state index in [1.54, 1.807) is 43.5 Å². The summed E-state index contributed by atoms with van der Waals surface area (Å²) in [5.74, 6) is -0.960. The molecule has 0 saturated carbocycles. The van der Waals surface area contributed by atoms with Crippen LogP contribution in [0.1, 0.15) is 31.8 Å². The maximum atomic E-state index is 14.7. The quantitative estimate of drug-likeness (QED) is 0.345. The molecule has 0 aromatic heterocycles. The smallest absolute Gasteiger partial charge is 0.238 e. The normalized spacial score (nSPS) is 23.8. The molecule has 196 valence electrons. The van der Waals surface area contributed by atoms with E-state index in [-0.39, 0.29) is 17.5 Å². The summed E-state index contributed by atoms with van der Waals surface area (Å²) in [6, 6.07) is 29.7. The summed E-state index contributed by atoms with van der Waals surface area (Å²) >= 11 is 0. The molecule has 0 aliphatic carbocycles. The van der Waals surface area contributed by atoms with Crippen LogP contribution in [0.15, 0.2) is 109 Å². The van der Waals surface area contributed by atoms with Crippen LogP contribution in [0.3, 0.4) is 0 Å². The van der Waals surface area contributed by atoms with Gasteiger partial charge in [0.2, 0.25) is 5.91 Å². The summed E-state index contributed by atoms with van der Waals surface area (Å²) < 4.78 is 5.32. The first-order valence-corrected chi connectivity index (χ1v) is 13.3. The summed E-state index contributed by atoms with van der Waals surface area (Å²) in [4.78, 5) is 45.7. The number of benzene rings is 4. The lowest BCUT2D eigenvalue weighted by Crippen LogP contribution is -2.55. The lowest BCUT2D eigenvalue weighted by molar-refractivity contribution is -0.121. The minimum absolute atomic E-state index is 0.170. The highest BCUT2D eigenvalue weighted by Gasteiger charge is 2.70. The molecule has 4 atom stereocenters. The van der Waals surface area contributed by atoms with Crippen molar-refractivity contribution in [1.29, 1.82) is 0 Å². The van der Waals surface area contributed by atoms with Crippen molar-refractivity contribution in [1.82, 2.24) is 0 Å². The first kappa shape index (κ1) is 24.1. The van der Waals surface area contributed by atoms with Crippen molar-refractivity contribution >= 4 is 34.9 Å². The van der Waals surface area contributed by atoms with Gasteiger partial charge in [-0.2, -0.15) is 0 Å². The molecule has 4 aromatic rings. The summed E-state index contributed by atoms with van der Waals surface area (Å²) in [7, 11) is 1.57. The molecule has 4 aromatic carbocycles. The van der Waals surface area contributed by atoms with Crippen molar-refractivity contribution in [3.63, 3.8) is 0 Å². The number of carbonyl (C=O) groups excluding carboxylic acids is 3. The number of ether oxygens (including phenoxy) is 1. The zero-order valence-corrected chi connectivity index (χ0v) is 21.8. The van der Waals surface area contributed by atoms with E-state index in [0.29, 0.717) is 28.1 Å². The predicted octanol–water partition coefficient (Wildman–Crippen LogP) is 5.55. The minimum Gasteiger partial charge on any atom is -0.497 e. The van der Waals surface area contributed by atoms with Gasteiger partial charge in [0.15, 0.2) is 11.6 Å². The average Bonchev–Trinajstić information content (AvgIpc) is 3.48. The second-order valence-electron chi connectivity index (χ2n) is 10.4. The fraction of sp³-hybridized carbons (Fsp3) is 0.147. The van der Waals surface area contributed by atoms with Crippen molar-refractivity contribution in [3.8, 4) is 5.75 Å². The molecule has 1 fully saturated rings. The summed E-state index contributed by atoms with van der Waals surface area (Å²) in [5.41, 5.74) is 2.54. The molecule has 1 spiro atoms. The van der Waals surface area contributed by atoms with Crippen molar-refractivity contribution < 1.29 is 19.1 Å². The Kier molecular flexibility index (Phi) is 5.46. The van der Waals surface area contributed by atoms with E-state index >= 15 is 0 Å². The maximum Gasteiger partial charge on any atom is 0.238 e. The Morgan fingerprint density at radius 3 is 2.25 bits per heavy atom. The maximum absolute atomic E-state index is 14.7. The summed E-state index contributed by atoms with van der Waals surface area (Å²) in [6.45, 7) is 0. The van der Waals surface area contributed by atoms with Crippen LogP contribution in [-0.4, -0.2) is 36.7 Å². The number of anilines is 2. The number of methoxy groups -OCH3 is 1. The number of ketones is 2. The summed E-state index contributed by atoms with van der Waals surface area (Å²) in [6.07, 6.45) is 3.97. The third-order valence-corrected chi connectivity index (χ3v) is 8.51. The van der Waals surface area contributed by atoms with Gasteiger partial charge >= 0.3 is 0 Å². The van der Waals surface area contributed by atoms with E-state index in [0.717, 1.165) is 11.3 Å². The van der Waals surface area contributed by atoms with Gasteiger partial charge in [0.25, 0.3) is 0 Å². The zero-order valence-electron chi connectivity index (χ0n) is 21.8. The molecule has 6 heteroatoms. The molecule has 6 nitrogen and oxygen atoms in total. The fourth-order valence-corrected chi connectivity index (χ4v) is 6.83. The van der Waals surface area contributed by atoms with Gasteiger partial charge in [-0.1, -0.05) is 78.9 Å². The van der Waals surface area contributed by atoms with Gasteiger partial charge in [-0.3, -0.25) is 14.4 Å². The van der Waals surface area contributed by atoms with E-state index in [9.17, 15) is 14.4 Å². The Morgan fingerprint density at radius 1 is 0.800 bits per heavy atom. The molecule has 1 N–H and O–H groups in total. The number of para-hydroxylation sites is 2. The molecule has 0 radical (unpaired) electrons. The molecule has 40 heavy (non-hydrogen) atoms. The Labute approximate surface area is 231 Å². The molecule has 3 heterocycles. The zero-order chi connectivity index (χ0) is 27.4. The molecule has 7 rings (SSSR count). The fourth-order valence-electron chi connectivity index (χ4n) is 6.83. The largest absolute Gasteiger partial charge is 0.497 e. The van der Waals surface area contributed by atoms with Gasteiger partial charge < -0.3 is 15.0 Å². The van der Waals surface area contributed by atoms with Crippen LogP contribution in [0.4, 0.5) is 11.4 Å². The number of carbonyl (C=O) groups is 3. The number of fused-ring (bicyclic) bond motifs is 5. The number of hydrogen-bond donors (Lipinski definition) is 1. The topological polar surface area (TPSA) is 75.7 Å². The molecule has 3 aliphatic rings. The van der Waals surface area contributed by atoms with Gasteiger partial charge in [0.05, 0.1) is 19.1 Å². The van der Waals surface area contributed by atoms with Gasteiger partial charge in [-0.05, 0) is 47.5 Å². The number of rotatable bonds is 5. The van der Waals surface area contributed by atoms with E-state index in [1.165, 1.54) is 0 Å². The van der Waals surface area contributed by atoms with Crippen LogP contribution in [0.25, 0.3) is 6.08 Å². The van der Waals surface area contributed by atoms with Gasteiger partial charge in [0.1, 0.15) is 17.2 Å². The van der Waals surface area contributed by atoms with Gasteiger partial charge in [-0.25, -0.2) is 0 Å².